The number of halogens is 3. The summed E-state index contributed by atoms with van der Waals surface area (Å²) < 4.78 is 56.2. The van der Waals surface area contributed by atoms with E-state index in [0.717, 1.165) is 17.8 Å². The Kier molecular flexibility index (Phi) is 8.64. The molecule has 0 unspecified atom stereocenters. The number of rotatable bonds is 9. The van der Waals surface area contributed by atoms with E-state index < -0.39 is 22.4 Å². The number of carbonyl (C=O) groups is 1. The highest BCUT2D eigenvalue weighted by molar-refractivity contribution is 8.27. The van der Waals surface area contributed by atoms with Crippen LogP contribution in [0.15, 0.2) is 65.6 Å². The molecule has 0 radical (unpaired) electrons. The lowest BCUT2D eigenvalue weighted by Crippen LogP contribution is -2.27. The van der Waals surface area contributed by atoms with Crippen molar-refractivity contribution in [2.75, 3.05) is 18.1 Å². The molecule has 3 aromatic carbocycles. The van der Waals surface area contributed by atoms with Crippen molar-refractivity contribution >= 4 is 51.7 Å². The lowest BCUT2D eigenvalue weighted by Gasteiger charge is -2.15. The van der Waals surface area contributed by atoms with E-state index in [2.05, 4.69) is 0 Å². The Bertz CT molecular complexity index is 1490. The number of benzene rings is 3. The minimum absolute atomic E-state index is 0.0452. The van der Waals surface area contributed by atoms with Crippen LogP contribution in [-0.4, -0.2) is 28.4 Å². The van der Waals surface area contributed by atoms with Crippen LogP contribution in [0.5, 0.6) is 23.0 Å². The fraction of sp³-hybridized carbons (Fsp3) is 0.185. The second-order valence-electron chi connectivity index (χ2n) is 8.12. The number of hydrogen-bond donors (Lipinski definition) is 0. The molecular formula is C27H21F3N2O6S2. The largest absolute Gasteiger partial charge is 0.494 e. The standard InChI is InChI=1S/C27H21F3N2O6S2/c1-3-36-19-9-7-18(8-10-19)31-25(33)24(40-26(31)39)14-16-5-11-22(23(13-16)37-4-2)38-21-12-6-17(27(28,29)30)15-20(21)32(34)35/h5-15H,3-4H2,1-2H3/b24-14+. The third-order valence-electron chi connectivity index (χ3n) is 5.47. The second kappa shape index (κ2) is 12.0. The number of carbonyl (C=O) groups excluding carboxylic acids is 1. The van der Waals surface area contributed by atoms with E-state index >= 15 is 0 Å². The van der Waals surface area contributed by atoms with Crippen LogP contribution in [0.25, 0.3) is 6.08 Å². The molecule has 208 valence electrons. The normalized spacial score (nSPS) is 14.5. The summed E-state index contributed by atoms with van der Waals surface area (Å²) in [6.07, 6.45) is -3.14. The molecule has 1 amide bonds. The number of anilines is 1. The van der Waals surface area contributed by atoms with Crippen LogP contribution in [0.2, 0.25) is 0 Å². The van der Waals surface area contributed by atoms with Gasteiger partial charge in [0.15, 0.2) is 15.8 Å². The lowest BCUT2D eigenvalue weighted by molar-refractivity contribution is -0.385. The first-order chi connectivity index (χ1) is 19.0. The molecule has 0 atom stereocenters. The van der Waals surface area contributed by atoms with Crippen LogP contribution in [-0.2, 0) is 11.0 Å². The Morgan fingerprint density at radius 2 is 1.65 bits per heavy atom. The molecule has 8 nitrogen and oxygen atoms in total. The first-order valence-corrected chi connectivity index (χ1v) is 13.1. The number of thiocarbonyl (C=S) groups is 1. The molecule has 1 fully saturated rings. The van der Waals surface area contributed by atoms with Gasteiger partial charge in [0.25, 0.3) is 5.91 Å². The maximum Gasteiger partial charge on any atom is 0.416 e. The van der Waals surface area contributed by atoms with Crippen molar-refractivity contribution in [1.82, 2.24) is 0 Å². The average Bonchev–Trinajstić information content (AvgIpc) is 3.18. The monoisotopic (exact) mass is 590 g/mol. The topological polar surface area (TPSA) is 91.1 Å². The number of nitro benzene ring substituents is 1. The van der Waals surface area contributed by atoms with Gasteiger partial charge in [-0.2, -0.15) is 13.2 Å². The number of nitro groups is 1. The molecule has 4 rings (SSSR count). The molecule has 0 aromatic heterocycles. The minimum Gasteiger partial charge on any atom is -0.494 e. The molecule has 1 saturated heterocycles. The maximum atomic E-state index is 13.2. The Balaban J connectivity index is 1.61. The average molecular weight is 591 g/mol. The van der Waals surface area contributed by atoms with Gasteiger partial charge in [0.1, 0.15) is 5.75 Å². The highest BCUT2D eigenvalue weighted by atomic mass is 32.2. The molecule has 0 bridgehead atoms. The fourth-order valence-electron chi connectivity index (χ4n) is 3.71. The Labute approximate surface area is 236 Å². The molecule has 0 spiro atoms. The summed E-state index contributed by atoms with van der Waals surface area (Å²) in [5.74, 6) is 0.177. The van der Waals surface area contributed by atoms with Gasteiger partial charge in [0.2, 0.25) is 5.75 Å². The molecule has 40 heavy (non-hydrogen) atoms. The van der Waals surface area contributed by atoms with Crippen molar-refractivity contribution in [3.05, 3.63) is 86.8 Å². The summed E-state index contributed by atoms with van der Waals surface area (Å²) in [4.78, 5) is 25.4. The zero-order chi connectivity index (χ0) is 29.0. The zero-order valence-electron chi connectivity index (χ0n) is 21.1. The Hall–Kier alpha value is -4.10. The zero-order valence-corrected chi connectivity index (χ0v) is 22.7. The molecule has 13 heteroatoms. The van der Waals surface area contributed by atoms with Crippen molar-refractivity contribution in [2.24, 2.45) is 0 Å². The second-order valence-corrected chi connectivity index (χ2v) is 9.80. The van der Waals surface area contributed by atoms with Gasteiger partial charge in [-0.05, 0) is 74.0 Å². The van der Waals surface area contributed by atoms with E-state index in [1.54, 1.807) is 49.4 Å². The summed E-state index contributed by atoms with van der Waals surface area (Å²) in [7, 11) is 0. The predicted molar refractivity (Wildman–Crippen MR) is 149 cm³/mol. The van der Waals surface area contributed by atoms with Crippen LogP contribution in [0.3, 0.4) is 0 Å². The first kappa shape index (κ1) is 28.9. The quantitative estimate of drug-likeness (QED) is 0.109. The summed E-state index contributed by atoms with van der Waals surface area (Å²) in [5, 5.41) is 11.4. The van der Waals surface area contributed by atoms with Gasteiger partial charge in [0, 0.05) is 6.07 Å². The molecule has 0 aliphatic carbocycles. The van der Waals surface area contributed by atoms with E-state index in [0.29, 0.717) is 45.0 Å². The van der Waals surface area contributed by atoms with Crippen molar-refractivity contribution in [1.29, 1.82) is 0 Å². The highest BCUT2D eigenvalue weighted by Crippen LogP contribution is 2.41. The Morgan fingerprint density at radius 1 is 0.975 bits per heavy atom. The maximum absolute atomic E-state index is 13.2. The molecule has 1 aliphatic rings. The van der Waals surface area contributed by atoms with E-state index in [-0.39, 0.29) is 29.8 Å². The predicted octanol–water partition coefficient (Wildman–Crippen LogP) is 7.61. The lowest BCUT2D eigenvalue weighted by atomic mass is 10.1. The molecule has 3 aromatic rings. The highest BCUT2D eigenvalue weighted by Gasteiger charge is 2.34. The summed E-state index contributed by atoms with van der Waals surface area (Å²) in [6.45, 7) is 4.29. The van der Waals surface area contributed by atoms with E-state index in [1.807, 2.05) is 6.92 Å². The number of amides is 1. The van der Waals surface area contributed by atoms with E-state index in [4.69, 9.17) is 26.4 Å². The van der Waals surface area contributed by atoms with Crippen molar-refractivity contribution < 1.29 is 37.1 Å². The van der Waals surface area contributed by atoms with Crippen LogP contribution in [0.1, 0.15) is 25.0 Å². The molecule has 1 aliphatic heterocycles. The van der Waals surface area contributed by atoms with Gasteiger partial charge in [-0.3, -0.25) is 19.8 Å². The summed E-state index contributed by atoms with van der Waals surface area (Å²) in [5.41, 5.74) is -0.884. The summed E-state index contributed by atoms with van der Waals surface area (Å²) >= 11 is 6.55. The van der Waals surface area contributed by atoms with Gasteiger partial charge in [-0.1, -0.05) is 30.0 Å². The summed E-state index contributed by atoms with van der Waals surface area (Å²) in [6, 6.07) is 13.5. The third-order valence-corrected chi connectivity index (χ3v) is 6.77. The van der Waals surface area contributed by atoms with E-state index in [1.165, 1.54) is 11.0 Å². The number of thioether (sulfide) groups is 1. The van der Waals surface area contributed by atoms with Crippen molar-refractivity contribution in [3.63, 3.8) is 0 Å². The minimum atomic E-state index is -4.75. The number of hydrogen-bond acceptors (Lipinski definition) is 8. The van der Waals surface area contributed by atoms with Gasteiger partial charge >= 0.3 is 11.9 Å². The smallest absolute Gasteiger partial charge is 0.416 e. The first-order valence-electron chi connectivity index (χ1n) is 11.8. The van der Waals surface area contributed by atoms with Crippen molar-refractivity contribution in [2.45, 2.75) is 20.0 Å². The van der Waals surface area contributed by atoms with E-state index in [9.17, 15) is 28.1 Å². The number of alkyl halides is 3. The molecule has 0 N–H and O–H groups in total. The van der Waals surface area contributed by atoms with Crippen LogP contribution >= 0.6 is 24.0 Å². The number of nitrogens with zero attached hydrogens (tertiary/aromatic N) is 2. The van der Waals surface area contributed by atoms with Crippen LogP contribution in [0.4, 0.5) is 24.5 Å². The molecular weight excluding hydrogens is 569 g/mol. The fourth-order valence-corrected chi connectivity index (χ4v) is 5.01. The Morgan fingerprint density at radius 3 is 2.27 bits per heavy atom. The third kappa shape index (κ3) is 6.37. The van der Waals surface area contributed by atoms with Gasteiger partial charge in [-0.25, -0.2) is 0 Å². The van der Waals surface area contributed by atoms with Crippen LogP contribution < -0.4 is 19.1 Å². The van der Waals surface area contributed by atoms with Crippen molar-refractivity contribution in [3.8, 4) is 23.0 Å². The SMILES string of the molecule is CCOc1ccc(N2C(=O)/C(=C\c3ccc(Oc4ccc(C(F)(F)F)cc4[N+](=O)[O-])c(OCC)c3)SC2=S)cc1. The van der Waals surface area contributed by atoms with Crippen LogP contribution in [0, 0.1) is 10.1 Å². The number of ether oxygens (including phenoxy) is 3. The van der Waals surface area contributed by atoms with Gasteiger partial charge in [0.05, 0.1) is 34.3 Å². The molecule has 1 heterocycles. The van der Waals surface area contributed by atoms with Gasteiger partial charge in [-0.15, -0.1) is 0 Å². The van der Waals surface area contributed by atoms with Gasteiger partial charge < -0.3 is 14.2 Å². The molecule has 0 saturated carbocycles.